The van der Waals surface area contributed by atoms with E-state index < -0.39 is 0 Å². The van der Waals surface area contributed by atoms with E-state index in [2.05, 4.69) is 15.0 Å². The molecule has 2 saturated heterocycles. The Hall–Kier alpha value is -2.39. The molecule has 158 valence electrons. The lowest BCUT2D eigenvalue weighted by atomic mass is 10.1. The van der Waals surface area contributed by atoms with Crippen molar-refractivity contribution in [2.45, 2.75) is 24.7 Å². The summed E-state index contributed by atoms with van der Waals surface area (Å²) in [6, 6.07) is 9.79. The average molecular weight is 432 g/mol. The van der Waals surface area contributed by atoms with Gasteiger partial charge in [0.15, 0.2) is 11.8 Å². The van der Waals surface area contributed by atoms with Gasteiger partial charge in [0.2, 0.25) is 0 Å². The van der Waals surface area contributed by atoms with Gasteiger partial charge in [-0.3, -0.25) is 0 Å². The van der Waals surface area contributed by atoms with Crippen molar-refractivity contribution in [2.24, 2.45) is 0 Å². The van der Waals surface area contributed by atoms with Gasteiger partial charge >= 0.3 is 0 Å². The van der Waals surface area contributed by atoms with Gasteiger partial charge in [0.1, 0.15) is 18.5 Å². The number of nitrogens with zero attached hydrogens (tertiary/aromatic N) is 2. The lowest BCUT2D eigenvalue weighted by molar-refractivity contribution is 0.0273. The third kappa shape index (κ3) is 3.83. The molecule has 2 aliphatic rings. The highest BCUT2D eigenvalue weighted by Gasteiger charge is 2.43. The number of fused-ring (bicyclic) bond motifs is 2. The van der Waals surface area contributed by atoms with Crippen LogP contribution in [0.4, 0.5) is 0 Å². The third-order valence-corrected chi connectivity index (χ3v) is 5.56. The molecule has 2 aliphatic heterocycles. The summed E-state index contributed by atoms with van der Waals surface area (Å²) in [6.45, 7) is 2.22. The standard InChI is InChI=1S/C21H22ClN3O5/c1-26-8-9-27-13-4-2-12(3-5-13)18-14(22)10-15-20(24-18)25-21(23-15)30-17-11-29-16-6-7-28-19(16)17/h2-5,10,16-17,19H,6-9,11H2,1H3,(H,23,24,25)/t16-,17?,19+/m1/s1. The zero-order valence-corrected chi connectivity index (χ0v) is 17.2. The monoisotopic (exact) mass is 431 g/mol. The van der Waals surface area contributed by atoms with E-state index in [1.807, 2.05) is 30.3 Å². The smallest absolute Gasteiger partial charge is 0.296 e. The van der Waals surface area contributed by atoms with Crippen LogP contribution in [0.5, 0.6) is 11.8 Å². The Morgan fingerprint density at radius 2 is 2.03 bits per heavy atom. The van der Waals surface area contributed by atoms with E-state index in [0.29, 0.717) is 54.3 Å². The Kier molecular flexibility index (Phi) is 5.47. The molecule has 1 aromatic carbocycles. The van der Waals surface area contributed by atoms with E-state index in [4.69, 9.17) is 35.3 Å². The zero-order chi connectivity index (χ0) is 20.5. The highest BCUT2D eigenvalue weighted by atomic mass is 35.5. The van der Waals surface area contributed by atoms with E-state index in [0.717, 1.165) is 17.7 Å². The largest absolute Gasteiger partial charge is 0.491 e. The van der Waals surface area contributed by atoms with Crippen LogP contribution < -0.4 is 9.47 Å². The van der Waals surface area contributed by atoms with Gasteiger partial charge in [0.05, 0.1) is 35.6 Å². The summed E-state index contributed by atoms with van der Waals surface area (Å²) in [7, 11) is 1.64. The van der Waals surface area contributed by atoms with Crippen LogP contribution in [0.25, 0.3) is 22.4 Å². The summed E-state index contributed by atoms with van der Waals surface area (Å²) < 4.78 is 28.0. The van der Waals surface area contributed by atoms with Crippen LogP contribution in [0.2, 0.25) is 5.02 Å². The first kappa shape index (κ1) is 19.6. The van der Waals surface area contributed by atoms with Gasteiger partial charge in [-0.05, 0) is 36.8 Å². The Balaban J connectivity index is 1.34. The predicted molar refractivity (Wildman–Crippen MR) is 110 cm³/mol. The summed E-state index contributed by atoms with van der Waals surface area (Å²) in [6.07, 6.45) is 0.787. The number of imidazole rings is 1. The summed E-state index contributed by atoms with van der Waals surface area (Å²) in [5.74, 6) is 0.759. The van der Waals surface area contributed by atoms with E-state index in [1.54, 1.807) is 7.11 Å². The van der Waals surface area contributed by atoms with Gasteiger partial charge in [-0.25, -0.2) is 4.98 Å². The zero-order valence-electron chi connectivity index (χ0n) is 16.5. The van der Waals surface area contributed by atoms with Crippen molar-refractivity contribution in [1.29, 1.82) is 0 Å². The Labute approximate surface area is 178 Å². The fraction of sp³-hybridized carbons (Fsp3) is 0.429. The van der Waals surface area contributed by atoms with Crippen LogP contribution in [-0.4, -0.2) is 66.8 Å². The number of halogens is 1. The molecular formula is C21H22ClN3O5. The highest BCUT2D eigenvalue weighted by Crippen LogP contribution is 2.32. The molecule has 3 atom stereocenters. The summed E-state index contributed by atoms with van der Waals surface area (Å²) in [5.41, 5.74) is 2.76. The van der Waals surface area contributed by atoms with Crippen LogP contribution in [-0.2, 0) is 14.2 Å². The molecule has 9 heteroatoms. The third-order valence-electron chi connectivity index (χ3n) is 5.27. The molecule has 0 spiro atoms. The van der Waals surface area contributed by atoms with Crippen LogP contribution >= 0.6 is 11.6 Å². The molecule has 0 bridgehead atoms. The molecule has 30 heavy (non-hydrogen) atoms. The lowest BCUT2D eigenvalue weighted by Gasteiger charge is -2.15. The molecule has 0 amide bonds. The van der Waals surface area contributed by atoms with Crippen molar-refractivity contribution in [3.05, 3.63) is 35.4 Å². The van der Waals surface area contributed by atoms with Crippen LogP contribution in [0.1, 0.15) is 6.42 Å². The first-order chi connectivity index (χ1) is 14.7. The van der Waals surface area contributed by atoms with Gasteiger partial charge in [0.25, 0.3) is 6.01 Å². The van der Waals surface area contributed by atoms with Crippen LogP contribution in [0.3, 0.4) is 0 Å². The molecule has 2 aromatic heterocycles. The first-order valence-corrected chi connectivity index (χ1v) is 10.3. The summed E-state index contributed by atoms with van der Waals surface area (Å²) in [4.78, 5) is 12.3. The number of ether oxygens (including phenoxy) is 5. The SMILES string of the molecule is COCCOc1ccc(-c2nc3nc(OC4CO[C@@H]5CCO[C@H]45)[nH]c3cc2Cl)cc1. The second kappa shape index (κ2) is 8.39. The van der Waals surface area contributed by atoms with Gasteiger partial charge in [0, 0.05) is 19.3 Å². The highest BCUT2D eigenvalue weighted by molar-refractivity contribution is 6.33. The van der Waals surface area contributed by atoms with Crippen molar-refractivity contribution >= 4 is 22.8 Å². The van der Waals surface area contributed by atoms with Gasteiger partial charge in [-0.15, -0.1) is 0 Å². The van der Waals surface area contributed by atoms with Crippen molar-refractivity contribution in [3.63, 3.8) is 0 Å². The van der Waals surface area contributed by atoms with Crippen LogP contribution in [0, 0.1) is 0 Å². The number of H-pyrrole nitrogens is 1. The molecule has 5 rings (SSSR count). The number of methoxy groups -OCH3 is 1. The predicted octanol–water partition coefficient (Wildman–Crippen LogP) is 3.24. The number of benzene rings is 1. The van der Waals surface area contributed by atoms with Crippen molar-refractivity contribution in [2.75, 3.05) is 33.5 Å². The molecule has 2 fully saturated rings. The number of aromatic nitrogens is 3. The number of nitrogens with one attached hydrogen (secondary N) is 1. The fourth-order valence-electron chi connectivity index (χ4n) is 3.78. The summed E-state index contributed by atoms with van der Waals surface area (Å²) in [5, 5.41) is 0.522. The fourth-order valence-corrected chi connectivity index (χ4v) is 4.04. The molecule has 4 heterocycles. The maximum Gasteiger partial charge on any atom is 0.296 e. The minimum atomic E-state index is -0.182. The topological polar surface area (TPSA) is 87.7 Å². The quantitative estimate of drug-likeness (QED) is 0.574. The molecule has 3 aromatic rings. The molecule has 8 nitrogen and oxygen atoms in total. The summed E-state index contributed by atoms with van der Waals surface area (Å²) >= 11 is 6.49. The molecule has 0 saturated carbocycles. The second-order valence-corrected chi connectivity index (χ2v) is 7.66. The molecular weight excluding hydrogens is 410 g/mol. The normalized spacial score (nSPS) is 23.1. The van der Waals surface area contributed by atoms with Gasteiger partial charge in [-0.2, -0.15) is 4.98 Å². The van der Waals surface area contributed by atoms with E-state index >= 15 is 0 Å². The number of pyridine rings is 1. The number of rotatable bonds is 7. The van der Waals surface area contributed by atoms with E-state index in [1.165, 1.54) is 0 Å². The van der Waals surface area contributed by atoms with E-state index in [9.17, 15) is 0 Å². The Morgan fingerprint density at radius 1 is 1.17 bits per heavy atom. The maximum absolute atomic E-state index is 6.49. The van der Waals surface area contributed by atoms with Crippen molar-refractivity contribution < 1.29 is 23.7 Å². The van der Waals surface area contributed by atoms with Crippen LogP contribution in [0.15, 0.2) is 30.3 Å². The number of hydrogen-bond acceptors (Lipinski definition) is 7. The minimum Gasteiger partial charge on any atom is -0.491 e. The minimum absolute atomic E-state index is 0.0463. The second-order valence-electron chi connectivity index (χ2n) is 7.25. The van der Waals surface area contributed by atoms with Crippen molar-refractivity contribution in [3.8, 4) is 23.0 Å². The molecule has 1 N–H and O–H groups in total. The van der Waals surface area contributed by atoms with E-state index in [-0.39, 0.29) is 18.3 Å². The van der Waals surface area contributed by atoms with Crippen molar-refractivity contribution in [1.82, 2.24) is 15.0 Å². The average Bonchev–Trinajstić information content (AvgIpc) is 3.45. The molecule has 1 unspecified atom stereocenters. The van der Waals surface area contributed by atoms with Gasteiger partial charge in [-0.1, -0.05) is 11.6 Å². The maximum atomic E-state index is 6.49. The lowest BCUT2D eigenvalue weighted by Crippen LogP contribution is -2.32. The number of aromatic amines is 1. The first-order valence-electron chi connectivity index (χ1n) is 9.89. The van der Waals surface area contributed by atoms with Gasteiger partial charge < -0.3 is 28.7 Å². The number of hydrogen-bond donors (Lipinski definition) is 1. The molecule has 0 radical (unpaired) electrons. The Bertz CT molecular complexity index is 1030. The molecule has 0 aliphatic carbocycles. The Morgan fingerprint density at radius 3 is 2.87 bits per heavy atom.